The van der Waals surface area contributed by atoms with Crippen molar-refractivity contribution in [2.75, 3.05) is 26.2 Å². The number of hydrogen-bond donors (Lipinski definition) is 2. The highest BCUT2D eigenvalue weighted by Crippen LogP contribution is 2.22. The van der Waals surface area contributed by atoms with Crippen LogP contribution >= 0.6 is 0 Å². The van der Waals surface area contributed by atoms with Crippen molar-refractivity contribution < 1.29 is 19.1 Å². The van der Waals surface area contributed by atoms with Crippen molar-refractivity contribution in [2.45, 2.75) is 70.9 Å². The lowest BCUT2D eigenvalue weighted by Crippen LogP contribution is -2.53. The molecule has 8 heteroatoms. The van der Waals surface area contributed by atoms with Crippen LogP contribution < -0.4 is 11.1 Å². The van der Waals surface area contributed by atoms with Gasteiger partial charge in [-0.1, -0.05) is 0 Å². The number of amides is 4. The van der Waals surface area contributed by atoms with Crippen LogP contribution in [0, 0.1) is 5.92 Å². The van der Waals surface area contributed by atoms with Gasteiger partial charge in [0.15, 0.2) is 0 Å². The van der Waals surface area contributed by atoms with E-state index in [1.807, 2.05) is 20.8 Å². The molecule has 0 radical (unpaired) electrons. The van der Waals surface area contributed by atoms with Gasteiger partial charge in [0.2, 0.25) is 5.91 Å². The molecule has 0 aromatic carbocycles. The highest BCUT2D eigenvalue weighted by atomic mass is 16.6. The summed E-state index contributed by atoms with van der Waals surface area (Å²) in [5, 5.41) is 2.97. The maximum absolute atomic E-state index is 12.5. The number of likely N-dealkylation sites (tertiary alicyclic amines) is 2. The van der Waals surface area contributed by atoms with Crippen LogP contribution in [-0.4, -0.2) is 65.7 Å². The zero-order valence-corrected chi connectivity index (χ0v) is 16.8. The third-order valence-electron chi connectivity index (χ3n) is 5.14. The van der Waals surface area contributed by atoms with Crippen LogP contribution in [0.25, 0.3) is 0 Å². The van der Waals surface area contributed by atoms with Gasteiger partial charge in [0.1, 0.15) is 5.60 Å². The van der Waals surface area contributed by atoms with Gasteiger partial charge in [0.05, 0.1) is 6.04 Å². The van der Waals surface area contributed by atoms with E-state index in [1.54, 1.807) is 9.80 Å². The molecule has 0 aromatic heterocycles. The SMILES string of the molecule is CC(C)(C)OC(=O)N1CCCCC1CNC(=O)N1CCC(CC(N)=O)CC1. The Hall–Kier alpha value is -1.99. The Morgan fingerprint density at radius 3 is 2.33 bits per heavy atom. The summed E-state index contributed by atoms with van der Waals surface area (Å²) in [5.41, 5.74) is 4.72. The van der Waals surface area contributed by atoms with Gasteiger partial charge in [0, 0.05) is 32.6 Å². The maximum atomic E-state index is 12.5. The van der Waals surface area contributed by atoms with Crippen LogP contribution in [-0.2, 0) is 9.53 Å². The number of hydrogen-bond acceptors (Lipinski definition) is 4. The van der Waals surface area contributed by atoms with E-state index in [2.05, 4.69) is 5.32 Å². The van der Waals surface area contributed by atoms with E-state index in [0.29, 0.717) is 32.6 Å². The highest BCUT2D eigenvalue weighted by Gasteiger charge is 2.31. The van der Waals surface area contributed by atoms with Crippen molar-refractivity contribution in [3.63, 3.8) is 0 Å². The topological polar surface area (TPSA) is 105 Å². The van der Waals surface area contributed by atoms with Gasteiger partial charge in [0.25, 0.3) is 0 Å². The molecule has 0 spiro atoms. The minimum atomic E-state index is -0.530. The van der Waals surface area contributed by atoms with Crippen LogP contribution in [0.4, 0.5) is 9.59 Å². The largest absolute Gasteiger partial charge is 0.444 e. The molecule has 2 saturated heterocycles. The van der Waals surface area contributed by atoms with E-state index in [0.717, 1.165) is 32.1 Å². The van der Waals surface area contributed by atoms with Gasteiger partial charge in [-0.2, -0.15) is 0 Å². The van der Waals surface area contributed by atoms with Gasteiger partial charge in [-0.05, 0) is 58.8 Å². The first-order valence-electron chi connectivity index (χ1n) is 9.96. The number of nitrogens with one attached hydrogen (secondary N) is 1. The van der Waals surface area contributed by atoms with Gasteiger partial charge < -0.3 is 25.6 Å². The molecule has 27 heavy (non-hydrogen) atoms. The van der Waals surface area contributed by atoms with Crippen molar-refractivity contribution in [2.24, 2.45) is 11.7 Å². The average molecular weight is 383 g/mol. The smallest absolute Gasteiger partial charge is 0.410 e. The van der Waals surface area contributed by atoms with E-state index in [9.17, 15) is 14.4 Å². The lowest BCUT2D eigenvalue weighted by Gasteiger charge is -2.37. The van der Waals surface area contributed by atoms with Crippen molar-refractivity contribution in [3.05, 3.63) is 0 Å². The number of nitrogens with two attached hydrogens (primary N) is 1. The number of rotatable bonds is 4. The summed E-state index contributed by atoms with van der Waals surface area (Å²) in [5.74, 6) is -0.00927. The summed E-state index contributed by atoms with van der Waals surface area (Å²) in [6, 6.07) is -0.146. The van der Waals surface area contributed by atoms with Crippen LogP contribution in [0.5, 0.6) is 0 Å². The Bertz CT molecular complexity index is 538. The Balaban J connectivity index is 1.80. The molecule has 154 valence electrons. The lowest BCUT2D eigenvalue weighted by atomic mass is 9.93. The number of carbonyl (C=O) groups is 3. The standard InChI is InChI=1S/C19H34N4O4/c1-19(2,3)27-18(26)23-9-5-4-6-15(23)13-21-17(25)22-10-7-14(8-11-22)12-16(20)24/h14-15H,4-13H2,1-3H3,(H2,20,24)(H,21,25). The van der Waals surface area contributed by atoms with Crippen molar-refractivity contribution >= 4 is 18.0 Å². The molecule has 0 saturated carbocycles. The predicted molar refractivity (Wildman–Crippen MR) is 102 cm³/mol. The van der Waals surface area contributed by atoms with E-state index in [4.69, 9.17) is 10.5 Å². The van der Waals surface area contributed by atoms with Crippen LogP contribution in [0.15, 0.2) is 0 Å². The molecule has 2 fully saturated rings. The molecule has 2 aliphatic rings. The number of primary amides is 1. The first kappa shape index (κ1) is 21.3. The predicted octanol–water partition coefficient (Wildman–Crippen LogP) is 2.07. The quantitative estimate of drug-likeness (QED) is 0.776. The van der Waals surface area contributed by atoms with Gasteiger partial charge in [-0.25, -0.2) is 9.59 Å². The molecule has 2 heterocycles. The molecule has 4 amide bonds. The second kappa shape index (κ2) is 9.28. The fraction of sp³-hybridized carbons (Fsp3) is 0.842. The number of urea groups is 1. The fourth-order valence-electron chi connectivity index (χ4n) is 3.72. The Morgan fingerprint density at radius 2 is 1.74 bits per heavy atom. The normalized spacial score (nSPS) is 21.7. The summed E-state index contributed by atoms with van der Waals surface area (Å²) < 4.78 is 5.50. The monoisotopic (exact) mass is 382 g/mol. The molecular weight excluding hydrogens is 348 g/mol. The van der Waals surface area contributed by atoms with Gasteiger partial charge in [-0.15, -0.1) is 0 Å². The molecule has 2 rings (SSSR count). The molecule has 1 unspecified atom stereocenters. The first-order valence-corrected chi connectivity index (χ1v) is 9.96. The Morgan fingerprint density at radius 1 is 1.07 bits per heavy atom. The molecule has 0 aliphatic carbocycles. The number of piperidine rings is 2. The third-order valence-corrected chi connectivity index (χ3v) is 5.14. The summed E-state index contributed by atoms with van der Waals surface area (Å²) in [6.45, 7) is 7.91. The minimum Gasteiger partial charge on any atom is -0.444 e. The van der Waals surface area contributed by atoms with Crippen LogP contribution in [0.3, 0.4) is 0 Å². The first-order chi connectivity index (χ1) is 12.7. The average Bonchev–Trinajstić information content (AvgIpc) is 2.58. The summed E-state index contributed by atoms with van der Waals surface area (Å²) >= 11 is 0. The molecular formula is C19H34N4O4. The lowest BCUT2D eigenvalue weighted by molar-refractivity contribution is -0.119. The number of nitrogens with zero attached hydrogens (tertiary/aromatic N) is 2. The highest BCUT2D eigenvalue weighted by molar-refractivity contribution is 5.75. The van der Waals surface area contributed by atoms with Gasteiger partial charge in [-0.3, -0.25) is 4.79 Å². The minimum absolute atomic E-state index is 0.0371. The number of ether oxygens (including phenoxy) is 1. The fourth-order valence-corrected chi connectivity index (χ4v) is 3.72. The molecule has 2 aliphatic heterocycles. The van der Waals surface area contributed by atoms with Crippen LogP contribution in [0.1, 0.15) is 59.3 Å². The Kier molecular flexibility index (Phi) is 7.33. The van der Waals surface area contributed by atoms with E-state index >= 15 is 0 Å². The van der Waals surface area contributed by atoms with E-state index in [-0.39, 0.29) is 30.0 Å². The van der Waals surface area contributed by atoms with Crippen molar-refractivity contribution in [1.29, 1.82) is 0 Å². The van der Waals surface area contributed by atoms with Gasteiger partial charge >= 0.3 is 12.1 Å². The summed E-state index contributed by atoms with van der Waals surface area (Å²) in [7, 11) is 0. The zero-order valence-electron chi connectivity index (χ0n) is 16.8. The van der Waals surface area contributed by atoms with Crippen molar-refractivity contribution in [3.8, 4) is 0 Å². The second-order valence-corrected chi connectivity index (χ2v) is 8.61. The molecule has 1 atom stereocenters. The second-order valence-electron chi connectivity index (χ2n) is 8.61. The zero-order chi connectivity index (χ0) is 20.0. The van der Waals surface area contributed by atoms with E-state index < -0.39 is 5.60 Å². The molecule has 0 bridgehead atoms. The van der Waals surface area contributed by atoms with Crippen molar-refractivity contribution in [1.82, 2.24) is 15.1 Å². The Labute approximate surface area is 161 Å². The molecule has 3 N–H and O–H groups in total. The summed E-state index contributed by atoms with van der Waals surface area (Å²) in [6.07, 6.45) is 4.53. The summed E-state index contributed by atoms with van der Waals surface area (Å²) in [4.78, 5) is 39.4. The van der Waals surface area contributed by atoms with E-state index in [1.165, 1.54) is 0 Å². The molecule has 0 aromatic rings. The maximum Gasteiger partial charge on any atom is 0.410 e. The third kappa shape index (κ3) is 6.92. The number of carbonyl (C=O) groups excluding carboxylic acids is 3. The van der Waals surface area contributed by atoms with Crippen LogP contribution in [0.2, 0.25) is 0 Å². The molecule has 8 nitrogen and oxygen atoms in total.